The Morgan fingerprint density at radius 2 is 2.04 bits per heavy atom. The fourth-order valence-corrected chi connectivity index (χ4v) is 3.30. The molecule has 2 aromatic rings. The van der Waals surface area contributed by atoms with Crippen LogP contribution >= 0.6 is 15.9 Å². The molecular formula is C17H15BrF2N2O. The third-order valence-corrected chi connectivity index (χ3v) is 4.44. The number of nitrogens with one attached hydrogen (secondary N) is 1. The van der Waals surface area contributed by atoms with Crippen LogP contribution in [0.2, 0.25) is 0 Å². The number of carbonyl (C=O) groups is 1. The van der Waals surface area contributed by atoms with E-state index in [9.17, 15) is 13.6 Å². The van der Waals surface area contributed by atoms with Crippen LogP contribution in [-0.4, -0.2) is 19.0 Å². The van der Waals surface area contributed by atoms with Gasteiger partial charge in [0, 0.05) is 22.8 Å². The summed E-state index contributed by atoms with van der Waals surface area (Å²) in [4.78, 5) is 14.2. The molecule has 120 valence electrons. The van der Waals surface area contributed by atoms with E-state index in [1.54, 1.807) is 0 Å². The zero-order valence-electron chi connectivity index (χ0n) is 12.3. The SMILES string of the molecule is O=C(CN1CCCc2ccccc21)Nc1c(F)cc(F)cc1Br. The number of hydrogen-bond acceptors (Lipinski definition) is 2. The smallest absolute Gasteiger partial charge is 0.243 e. The number of fused-ring (bicyclic) bond motifs is 1. The van der Waals surface area contributed by atoms with Gasteiger partial charge in [0.15, 0.2) is 5.82 Å². The molecule has 0 fully saturated rings. The maximum atomic E-state index is 13.8. The average Bonchev–Trinajstić information content (AvgIpc) is 2.51. The first-order chi connectivity index (χ1) is 11.0. The number of para-hydroxylation sites is 1. The third-order valence-electron chi connectivity index (χ3n) is 3.81. The molecule has 0 saturated heterocycles. The maximum Gasteiger partial charge on any atom is 0.243 e. The fraction of sp³-hybridized carbons (Fsp3) is 0.235. The van der Waals surface area contributed by atoms with Crippen LogP contribution in [0.25, 0.3) is 0 Å². The zero-order valence-corrected chi connectivity index (χ0v) is 13.9. The van der Waals surface area contributed by atoms with Crippen molar-refractivity contribution < 1.29 is 13.6 Å². The monoisotopic (exact) mass is 380 g/mol. The second-order valence-corrected chi connectivity index (χ2v) is 6.30. The highest BCUT2D eigenvalue weighted by Gasteiger charge is 2.20. The molecule has 1 aliphatic rings. The normalized spacial score (nSPS) is 13.6. The molecule has 3 nitrogen and oxygen atoms in total. The number of rotatable bonds is 3. The highest BCUT2D eigenvalue weighted by molar-refractivity contribution is 9.10. The molecule has 0 unspecified atom stereocenters. The molecule has 0 saturated carbocycles. The van der Waals surface area contributed by atoms with E-state index < -0.39 is 11.6 Å². The quantitative estimate of drug-likeness (QED) is 0.868. The van der Waals surface area contributed by atoms with Crippen molar-refractivity contribution >= 4 is 33.2 Å². The summed E-state index contributed by atoms with van der Waals surface area (Å²) in [5.74, 6) is -1.84. The van der Waals surface area contributed by atoms with Gasteiger partial charge in [0.05, 0.1) is 12.2 Å². The number of nitrogens with zero attached hydrogens (tertiary/aromatic N) is 1. The zero-order chi connectivity index (χ0) is 16.4. The average molecular weight is 381 g/mol. The van der Waals surface area contributed by atoms with Crippen LogP contribution in [0.5, 0.6) is 0 Å². The van der Waals surface area contributed by atoms with Crippen molar-refractivity contribution in [3.8, 4) is 0 Å². The molecule has 0 aliphatic carbocycles. The molecule has 0 bridgehead atoms. The molecule has 6 heteroatoms. The van der Waals surface area contributed by atoms with Gasteiger partial charge in [-0.1, -0.05) is 18.2 Å². The Morgan fingerprint density at radius 3 is 2.83 bits per heavy atom. The van der Waals surface area contributed by atoms with Gasteiger partial charge < -0.3 is 10.2 Å². The Labute approximate surface area is 141 Å². The van der Waals surface area contributed by atoms with Crippen molar-refractivity contribution in [1.82, 2.24) is 0 Å². The van der Waals surface area contributed by atoms with Gasteiger partial charge in [-0.15, -0.1) is 0 Å². The van der Waals surface area contributed by atoms with Gasteiger partial charge in [-0.25, -0.2) is 8.78 Å². The van der Waals surface area contributed by atoms with E-state index in [4.69, 9.17) is 0 Å². The molecule has 2 aromatic carbocycles. The van der Waals surface area contributed by atoms with Crippen LogP contribution < -0.4 is 10.2 Å². The summed E-state index contributed by atoms with van der Waals surface area (Å²) in [6.07, 6.45) is 1.96. The summed E-state index contributed by atoms with van der Waals surface area (Å²) in [7, 11) is 0. The summed E-state index contributed by atoms with van der Waals surface area (Å²) < 4.78 is 27.1. The summed E-state index contributed by atoms with van der Waals surface area (Å²) >= 11 is 3.07. The number of aryl methyl sites for hydroxylation is 1. The number of benzene rings is 2. The van der Waals surface area contributed by atoms with Gasteiger partial charge in [-0.05, 0) is 46.5 Å². The van der Waals surface area contributed by atoms with Crippen molar-refractivity contribution in [2.75, 3.05) is 23.3 Å². The molecular weight excluding hydrogens is 366 g/mol. The minimum absolute atomic E-state index is 0.0401. The van der Waals surface area contributed by atoms with E-state index in [1.807, 2.05) is 23.1 Å². The number of carbonyl (C=O) groups excluding carboxylic acids is 1. The van der Waals surface area contributed by atoms with Gasteiger partial charge in [-0.3, -0.25) is 4.79 Å². The third kappa shape index (κ3) is 3.52. The summed E-state index contributed by atoms with van der Waals surface area (Å²) in [5.41, 5.74) is 2.20. The van der Waals surface area contributed by atoms with Crippen LogP contribution in [0.4, 0.5) is 20.2 Å². The van der Waals surface area contributed by atoms with E-state index in [1.165, 1.54) is 5.56 Å². The Bertz CT molecular complexity index is 728. The Kier molecular flexibility index (Phi) is 4.61. The molecule has 0 radical (unpaired) electrons. The largest absolute Gasteiger partial charge is 0.362 e. The highest BCUT2D eigenvalue weighted by atomic mass is 79.9. The first-order valence-corrected chi connectivity index (χ1v) is 8.11. The molecule has 3 rings (SSSR count). The van der Waals surface area contributed by atoms with E-state index >= 15 is 0 Å². The number of anilines is 2. The second-order valence-electron chi connectivity index (χ2n) is 5.45. The lowest BCUT2D eigenvalue weighted by molar-refractivity contribution is -0.115. The van der Waals surface area contributed by atoms with Gasteiger partial charge in [-0.2, -0.15) is 0 Å². The van der Waals surface area contributed by atoms with Crippen molar-refractivity contribution in [1.29, 1.82) is 0 Å². The van der Waals surface area contributed by atoms with Gasteiger partial charge in [0.2, 0.25) is 5.91 Å². The fourth-order valence-electron chi connectivity index (χ4n) is 2.79. The lowest BCUT2D eigenvalue weighted by Gasteiger charge is -2.30. The number of halogens is 3. The molecule has 0 spiro atoms. The molecule has 1 amide bonds. The predicted octanol–water partition coefficient (Wildman–Crippen LogP) is 4.12. The minimum atomic E-state index is -0.802. The van der Waals surface area contributed by atoms with Crippen LogP contribution in [-0.2, 0) is 11.2 Å². The van der Waals surface area contributed by atoms with E-state index in [2.05, 4.69) is 27.3 Å². The molecule has 1 N–H and O–H groups in total. The lowest BCUT2D eigenvalue weighted by atomic mass is 10.0. The highest BCUT2D eigenvalue weighted by Crippen LogP contribution is 2.28. The first-order valence-electron chi connectivity index (χ1n) is 7.32. The molecule has 23 heavy (non-hydrogen) atoms. The van der Waals surface area contributed by atoms with Gasteiger partial charge in [0.25, 0.3) is 0 Å². The molecule has 0 atom stereocenters. The van der Waals surface area contributed by atoms with Crippen LogP contribution in [0.1, 0.15) is 12.0 Å². The Morgan fingerprint density at radius 1 is 1.26 bits per heavy atom. The molecule has 1 heterocycles. The molecule has 0 aromatic heterocycles. The van der Waals surface area contributed by atoms with Crippen molar-refractivity contribution in [2.24, 2.45) is 0 Å². The van der Waals surface area contributed by atoms with Crippen molar-refractivity contribution in [3.05, 3.63) is 58.1 Å². The number of amides is 1. The van der Waals surface area contributed by atoms with Crippen molar-refractivity contribution in [2.45, 2.75) is 12.8 Å². The maximum absolute atomic E-state index is 13.8. The van der Waals surface area contributed by atoms with Gasteiger partial charge >= 0.3 is 0 Å². The summed E-state index contributed by atoms with van der Waals surface area (Å²) in [6, 6.07) is 9.82. The topological polar surface area (TPSA) is 32.3 Å². The summed E-state index contributed by atoms with van der Waals surface area (Å²) in [6.45, 7) is 0.901. The Hall–Kier alpha value is -1.95. The van der Waals surface area contributed by atoms with E-state index in [-0.39, 0.29) is 22.6 Å². The van der Waals surface area contributed by atoms with Gasteiger partial charge in [0.1, 0.15) is 5.82 Å². The summed E-state index contributed by atoms with van der Waals surface area (Å²) in [5, 5.41) is 2.51. The molecule has 1 aliphatic heterocycles. The van der Waals surface area contributed by atoms with E-state index in [0.717, 1.165) is 37.2 Å². The first kappa shape index (κ1) is 15.9. The minimum Gasteiger partial charge on any atom is -0.362 e. The Balaban J connectivity index is 1.74. The lowest BCUT2D eigenvalue weighted by Crippen LogP contribution is -2.37. The second kappa shape index (κ2) is 6.66. The van der Waals surface area contributed by atoms with Crippen LogP contribution in [0.15, 0.2) is 40.9 Å². The van der Waals surface area contributed by atoms with Crippen LogP contribution in [0.3, 0.4) is 0 Å². The predicted molar refractivity (Wildman–Crippen MR) is 89.7 cm³/mol. The van der Waals surface area contributed by atoms with Crippen LogP contribution in [0, 0.1) is 11.6 Å². The van der Waals surface area contributed by atoms with E-state index in [0.29, 0.717) is 0 Å². The number of hydrogen-bond donors (Lipinski definition) is 1. The van der Waals surface area contributed by atoms with Crippen molar-refractivity contribution in [3.63, 3.8) is 0 Å². The standard InChI is InChI=1S/C17H15BrF2N2O/c18-13-8-12(19)9-14(20)17(13)21-16(23)10-22-7-3-5-11-4-1-2-6-15(11)22/h1-2,4,6,8-9H,3,5,7,10H2,(H,21,23).